The molecular weight excluding hydrogens is 224 g/mol. The Morgan fingerprint density at radius 2 is 1.61 bits per heavy atom. The zero-order valence-corrected chi connectivity index (χ0v) is 11.2. The van der Waals surface area contributed by atoms with Crippen molar-refractivity contribution in [2.24, 2.45) is 0 Å². The van der Waals surface area contributed by atoms with Crippen LogP contribution >= 0.6 is 0 Å². The molecule has 1 aliphatic rings. The lowest BCUT2D eigenvalue weighted by Gasteiger charge is -2.26. The molecule has 0 bridgehead atoms. The summed E-state index contributed by atoms with van der Waals surface area (Å²) in [4.78, 5) is 11.6. The summed E-state index contributed by atoms with van der Waals surface area (Å²) in [5.74, 6) is -0.726. The van der Waals surface area contributed by atoms with Gasteiger partial charge in [0.2, 0.25) is 0 Å². The zero-order chi connectivity index (χ0) is 13.4. The van der Waals surface area contributed by atoms with Crippen molar-refractivity contribution >= 4 is 5.97 Å². The Hall–Kier alpha value is -1.57. The summed E-state index contributed by atoms with van der Waals surface area (Å²) < 4.78 is 0. The van der Waals surface area contributed by atoms with Crippen LogP contribution < -0.4 is 0 Å². The topological polar surface area (TPSA) is 37.3 Å². The molecule has 0 saturated heterocycles. The SMILES string of the molecule is CC(C)(C)c1ccc(C2(C(=O)O)CC=CC2)cc1. The highest BCUT2D eigenvalue weighted by atomic mass is 16.4. The molecule has 1 aliphatic carbocycles. The van der Waals surface area contributed by atoms with Crippen molar-refractivity contribution in [1.82, 2.24) is 0 Å². The maximum Gasteiger partial charge on any atom is 0.314 e. The van der Waals surface area contributed by atoms with E-state index in [1.165, 1.54) is 5.56 Å². The second-order valence-electron chi connectivity index (χ2n) is 6.09. The van der Waals surface area contributed by atoms with Crippen LogP contribution in [-0.2, 0) is 15.6 Å². The fourth-order valence-electron chi connectivity index (χ4n) is 2.48. The molecule has 0 atom stereocenters. The summed E-state index contributed by atoms with van der Waals surface area (Å²) in [7, 11) is 0. The minimum atomic E-state index is -0.740. The lowest BCUT2D eigenvalue weighted by atomic mass is 9.77. The number of rotatable bonds is 2. The van der Waals surface area contributed by atoms with Gasteiger partial charge in [0.25, 0.3) is 0 Å². The molecular formula is C16H20O2. The van der Waals surface area contributed by atoms with Gasteiger partial charge in [0.05, 0.1) is 5.41 Å². The summed E-state index contributed by atoms with van der Waals surface area (Å²) in [6.07, 6.45) is 5.12. The quantitative estimate of drug-likeness (QED) is 0.806. The smallest absolute Gasteiger partial charge is 0.314 e. The van der Waals surface area contributed by atoms with Crippen LogP contribution in [0.1, 0.15) is 44.7 Å². The van der Waals surface area contributed by atoms with Gasteiger partial charge < -0.3 is 5.11 Å². The Morgan fingerprint density at radius 1 is 1.11 bits per heavy atom. The van der Waals surface area contributed by atoms with Crippen LogP contribution in [0.25, 0.3) is 0 Å². The Bertz CT molecular complexity index is 467. The lowest BCUT2D eigenvalue weighted by Crippen LogP contribution is -2.33. The van der Waals surface area contributed by atoms with Gasteiger partial charge in [0.1, 0.15) is 0 Å². The zero-order valence-electron chi connectivity index (χ0n) is 11.2. The van der Waals surface area contributed by atoms with Crippen LogP contribution in [0.2, 0.25) is 0 Å². The normalized spacial score (nSPS) is 17.9. The van der Waals surface area contributed by atoms with E-state index in [4.69, 9.17) is 0 Å². The van der Waals surface area contributed by atoms with Gasteiger partial charge in [-0.25, -0.2) is 0 Å². The predicted molar refractivity (Wildman–Crippen MR) is 72.8 cm³/mol. The average molecular weight is 244 g/mol. The minimum absolute atomic E-state index is 0.100. The highest BCUT2D eigenvalue weighted by Crippen LogP contribution is 2.38. The first kappa shape index (κ1) is 12.9. The van der Waals surface area contributed by atoms with Crippen LogP contribution in [0.15, 0.2) is 36.4 Å². The molecule has 0 unspecified atom stereocenters. The maximum absolute atomic E-state index is 11.6. The first-order valence-corrected chi connectivity index (χ1v) is 6.36. The van der Waals surface area contributed by atoms with Crippen LogP contribution in [-0.4, -0.2) is 11.1 Å². The molecule has 0 heterocycles. The second-order valence-corrected chi connectivity index (χ2v) is 6.09. The molecule has 0 spiro atoms. The molecule has 18 heavy (non-hydrogen) atoms. The van der Waals surface area contributed by atoms with Crippen LogP contribution in [0.5, 0.6) is 0 Å². The summed E-state index contributed by atoms with van der Waals surface area (Å²) in [5.41, 5.74) is 1.50. The standard InChI is InChI=1S/C16H20O2/c1-15(2,3)12-6-8-13(9-7-12)16(14(17)18)10-4-5-11-16/h4-9H,10-11H2,1-3H3,(H,17,18). The third kappa shape index (κ3) is 2.07. The molecule has 1 aromatic rings. The van der Waals surface area contributed by atoms with Crippen molar-refractivity contribution in [3.63, 3.8) is 0 Å². The largest absolute Gasteiger partial charge is 0.481 e. The second kappa shape index (κ2) is 4.27. The number of carboxylic acid groups (broad SMARTS) is 1. The third-order valence-corrected chi connectivity index (χ3v) is 3.81. The minimum Gasteiger partial charge on any atom is -0.481 e. The van der Waals surface area contributed by atoms with E-state index in [0.29, 0.717) is 12.8 Å². The van der Waals surface area contributed by atoms with Crippen molar-refractivity contribution in [3.8, 4) is 0 Å². The van der Waals surface area contributed by atoms with E-state index in [9.17, 15) is 9.90 Å². The molecule has 0 aliphatic heterocycles. The number of benzene rings is 1. The van der Waals surface area contributed by atoms with Crippen molar-refractivity contribution in [2.45, 2.75) is 44.4 Å². The van der Waals surface area contributed by atoms with Gasteiger partial charge in [-0.15, -0.1) is 0 Å². The molecule has 96 valence electrons. The van der Waals surface area contributed by atoms with Crippen molar-refractivity contribution in [1.29, 1.82) is 0 Å². The highest BCUT2D eigenvalue weighted by molar-refractivity contribution is 5.82. The number of carboxylic acids is 1. The van der Waals surface area contributed by atoms with E-state index in [1.54, 1.807) is 0 Å². The lowest BCUT2D eigenvalue weighted by molar-refractivity contribution is -0.143. The fourth-order valence-corrected chi connectivity index (χ4v) is 2.48. The molecule has 0 saturated carbocycles. The maximum atomic E-state index is 11.6. The number of carbonyl (C=O) groups is 1. The number of allylic oxidation sites excluding steroid dienone is 2. The van der Waals surface area contributed by atoms with Crippen LogP contribution in [0.4, 0.5) is 0 Å². The van der Waals surface area contributed by atoms with Gasteiger partial charge in [-0.05, 0) is 29.4 Å². The Labute approximate surface area is 108 Å². The Kier molecular flexibility index (Phi) is 3.05. The molecule has 0 radical (unpaired) electrons. The van der Waals surface area contributed by atoms with E-state index < -0.39 is 11.4 Å². The first-order chi connectivity index (χ1) is 8.36. The predicted octanol–water partition coefficient (Wildman–Crippen LogP) is 3.66. The molecule has 0 fully saturated rings. The van der Waals surface area contributed by atoms with Crippen molar-refractivity contribution < 1.29 is 9.90 Å². The van der Waals surface area contributed by atoms with Gasteiger partial charge in [-0.1, -0.05) is 57.2 Å². The van der Waals surface area contributed by atoms with Gasteiger partial charge in [0.15, 0.2) is 0 Å². The molecule has 2 heteroatoms. The Morgan fingerprint density at radius 3 is 2.00 bits per heavy atom. The number of aliphatic carboxylic acids is 1. The van der Waals surface area contributed by atoms with Crippen molar-refractivity contribution in [3.05, 3.63) is 47.5 Å². The number of hydrogen-bond acceptors (Lipinski definition) is 1. The summed E-state index contributed by atoms with van der Waals surface area (Å²) in [6, 6.07) is 8.06. The van der Waals surface area contributed by atoms with E-state index in [-0.39, 0.29) is 5.41 Å². The van der Waals surface area contributed by atoms with E-state index >= 15 is 0 Å². The molecule has 2 nitrogen and oxygen atoms in total. The Balaban J connectivity index is 2.37. The van der Waals surface area contributed by atoms with Crippen LogP contribution in [0, 0.1) is 0 Å². The van der Waals surface area contributed by atoms with E-state index in [2.05, 4.69) is 32.9 Å². The van der Waals surface area contributed by atoms with Crippen LogP contribution in [0.3, 0.4) is 0 Å². The van der Waals surface area contributed by atoms with Crippen molar-refractivity contribution in [2.75, 3.05) is 0 Å². The third-order valence-electron chi connectivity index (χ3n) is 3.81. The van der Waals surface area contributed by atoms with E-state index in [1.807, 2.05) is 24.3 Å². The molecule has 0 aromatic heterocycles. The molecule has 1 N–H and O–H groups in total. The number of hydrogen-bond donors (Lipinski definition) is 1. The van der Waals surface area contributed by atoms with Gasteiger partial charge in [-0.2, -0.15) is 0 Å². The summed E-state index contributed by atoms with van der Waals surface area (Å²) >= 11 is 0. The molecule has 0 amide bonds. The first-order valence-electron chi connectivity index (χ1n) is 6.36. The molecule has 1 aromatic carbocycles. The fraction of sp³-hybridized carbons (Fsp3) is 0.438. The summed E-state index contributed by atoms with van der Waals surface area (Å²) in [6.45, 7) is 6.48. The van der Waals surface area contributed by atoms with Gasteiger partial charge in [0, 0.05) is 0 Å². The molecule has 2 rings (SSSR count). The van der Waals surface area contributed by atoms with Gasteiger partial charge >= 0.3 is 5.97 Å². The van der Waals surface area contributed by atoms with E-state index in [0.717, 1.165) is 5.56 Å². The monoisotopic (exact) mass is 244 g/mol. The van der Waals surface area contributed by atoms with Gasteiger partial charge in [-0.3, -0.25) is 4.79 Å². The average Bonchev–Trinajstić information content (AvgIpc) is 2.78. The summed E-state index contributed by atoms with van der Waals surface area (Å²) in [5, 5.41) is 9.51. The highest BCUT2D eigenvalue weighted by Gasteiger charge is 2.40.